The van der Waals surface area contributed by atoms with E-state index < -0.39 is 5.82 Å². The third-order valence-corrected chi connectivity index (χ3v) is 2.16. The van der Waals surface area contributed by atoms with Crippen LogP contribution in [0.2, 0.25) is 0 Å². The molecule has 0 fully saturated rings. The van der Waals surface area contributed by atoms with Gasteiger partial charge in [-0.1, -0.05) is 19.9 Å². The average molecular weight is 241 g/mol. The predicted octanol–water partition coefficient (Wildman–Crippen LogP) is 2.60. The van der Waals surface area contributed by atoms with Crippen LogP contribution in [0.25, 0.3) is 0 Å². The smallest absolute Gasteiger partial charge is 0.146 e. The molecule has 0 unspecified atom stereocenters. The van der Waals surface area contributed by atoms with E-state index in [1.165, 1.54) is 6.07 Å². The van der Waals surface area contributed by atoms with Crippen molar-refractivity contribution in [1.29, 1.82) is 0 Å². The molecule has 0 saturated carbocycles. The van der Waals surface area contributed by atoms with Gasteiger partial charge in [-0.3, -0.25) is 0 Å². The number of hydrogen-bond donors (Lipinski definition) is 1. The Bertz CT molecular complexity index is 342. The van der Waals surface area contributed by atoms with Gasteiger partial charge in [0.2, 0.25) is 0 Å². The molecule has 96 valence electrons. The highest BCUT2D eigenvalue weighted by Gasteiger charge is 2.00. The number of nitrogen functional groups attached to an aromatic ring is 1. The summed E-state index contributed by atoms with van der Waals surface area (Å²) >= 11 is 0. The van der Waals surface area contributed by atoms with E-state index in [1.54, 1.807) is 12.1 Å². The van der Waals surface area contributed by atoms with Crippen LogP contribution in [0.3, 0.4) is 0 Å². The number of anilines is 1. The quantitative estimate of drug-likeness (QED) is 0.589. The summed E-state index contributed by atoms with van der Waals surface area (Å²) in [6.07, 6.45) is 0. The number of nitrogens with two attached hydrogens (primary N) is 1. The molecule has 1 aromatic carbocycles. The van der Waals surface area contributed by atoms with Gasteiger partial charge >= 0.3 is 0 Å². The Morgan fingerprint density at radius 1 is 1.24 bits per heavy atom. The van der Waals surface area contributed by atoms with Crippen molar-refractivity contribution in [3.8, 4) is 0 Å². The predicted molar refractivity (Wildman–Crippen MR) is 66.1 cm³/mol. The fourth-order valence-corrected chi connectivity index (χ4v) is 1.29. The first-order valence-electron chi connectivity index (χ1n) is 5.79. The maximum atomic E-state index is 13.1. The zero-order chi connectivity index (χ0) is 12.7. The van der Waals surface area contributed by atoms with Crippen LogP contribution in [-0.2, 0) is 16.1 Å². The van der Waals surface area contributed by atoms with Crippen LogP contribution in [0.4, 0.5) is 10.1 Å². The van der Waals surface area contributed by atoms with Crippen LogP contribution in [0.15, 0.2) is 18.2 Å². The lowest BCUT2D eigenvalue weighted by Crippen LogP contribution is -2.08. The van der Waals surface area contributed by atoms with Crippen LogP contribution < -0.4 is 5.73 Å². The van der Waals surface area contributed by atoms with Gasteiger partial charge in [0.1, 0.15) is 5.82 Å². The van der Waals surface area contributed by atoms with Gasteiger partial charge in [0, 0.05) is 6.61 Å². The molecule has 0 spiro atoms. The molecule has 0 amide bonds. The van der Waals surface area contributed by atoms with E-state index in [-0.39, 0.29) is 5.69 Å². The molecule has 3 nitrogen and oxygen atoms in total. The van der Waals surface area contributed by atoms with Gasteiger partial charge in [-0.2, -0.15) is 0 Å². The van der Waals surface area contributed by atoms with Crippen LogP contribution >= 0.6 is 0 Å². The van der Waals surface area contributed by atoms with Crippen molar-refractivity contribution in [2.45, 2.75) is 20.5 Å². The van der Waals surface area contributed by atoms with E-state index >= 15 is 0 Å². The SMILES string of the molecule is CC(C)COCCOCc1ccc(N)c(F)c1. The van der Waals surface area contributed by atoms with Crippen molar-refractivity contribution in [2.24, 2.45) is 5.92 Å². The molecular weight excluding hydrogens is 221 g/mol. The fraction of sp³-hybridized carbons (Fsp3) is 0.538. The van der Waals surface area contributed by atoms with Crippen molar-refractivity contribution in [3.63, 3.8) is 0 Å². The molecule has 0 aliphatic rings. The van der Waals surface area contributed by atoms with Gasteiger partial charge in [-0.15, -0.1) is 0 Å². The van der Waals surface area contributed by atoms with Gasteiger partial charge in [0.05, 0.1) is 25.5 Å². The van der Waals surface area contributed by atoms with Crippen molar-refractivity contribution in [3.05, 3.63) is 29.6 Å². The highest BCUT2D eigenvalue weighted by Crippen LogP contribution is 2.12. The lowest BCUT2D eigenvalue weighted by molar-refractivity contribution is 0.0314. The van der Waals surface area contributed by atoms with Crippen LogP contribution in [-0.4, -0.2) is 19.8 Å². The number of hydrogen-bond acceptors (Lipinski definition) is 3. The lowest BCUT2D eigenvalue weighted by Gasteiger charge is -2.08. The molecule has 0 radical (unpaired) electrons. The standard InChI is InChI=1S/C13H20FNO2/c1-10(2)8-16-5-6-17-9-11-3-4-13(15)12(14)7-11/h3-4,7,10H,5-6,8-9,15H2,1-2H3. The third kappa shape index (κ3) is 5.65. The number of halogens is 1. The molecule has 0 heterocycles. The van der Waals surface area contributed by atoms with Gasteiger partial charge in [-0.05, 0) is 23.6 Å². The topological polar surface area (TPSA) is 44.5 Å². The monoisotopic (exact) mass is 241 g/mol. The first kappa shape index (κ1) is 13.9. The molecule has 0 bridgehead atoms. The molecule has 0 aliphatic carbocycles. The number of rotatable bonds is 7. The Balaban J connectivity index is 2.16. The first-order chi connectivity index (χ1) is 8.09. The maximum absolute atomic E-state index is 13.1. The molecule has 0 atom stereocenters. The second kappa shape index (κ2) is 7.25. The summed E-state index contributed by atoms with van der Waals surface area (Å²) in [6.45, 7) is 6.38. The molecule has 4 heteroatoms. The highest BCUT2D eigenvalue weighted by molar-refractivity contribution is 5.41. The Hall–Kier alpha value is -1.13. The molecule has 0 aliphatic heterocycles. The van der Waals surface area contributed by atoms with Crippen LogP contribution in [0.5, 0.6) is 0 Å². The maximum Gasteiger partial charge on any atom is 0.146 e. The van der Waals surface area contributed by atoms with E-state index in [0.29, 0.717) is 25.7 Å². The first-order valence-corrected chi connectivity index (χ1v) is 5.79. The molecule has 1 rings (SSSR count). The fourth-order valence-electron chi connectivity index (χ4n) is 1.29. The molecule has 0 aromatic heterocycles. The summed E-state index contributed by atoms with van der Waals surface area (Å²) in [5.41, 5.74) is 6.31. The summed E-state index contributed by atoms with van der Waals surface area (Å²) in [4.78, 5) is 0. The largest absolute Gasteiger partial charge is 0.396 e. The van der Waals surface area contributed by atoms with Gasteiger partial charge < -0.3 is 15.2 Å². The molecule has 17 heavy (non-hydrogen) atoms. The van der Waals surface area contributed by atoms with Crippen molar-refractivity contribution < 1.29 is 13.9 Å². The number of benzene rings is 1. The van der Waals surface area contributed by atoms with Crippen LogP contribution in [0, 0.1) is 11.7 Å². The van der Waals surface area contributed by atoms with E-state index in [2.05, 4.69) is 13.8 Å². The second-order valence-electron chi connectivity index (χ2n) is 4.38. The summed E-state index contributed by atoms with van der Waals surface area (Å²) in [5.74, 6) is 0.128. The Morgan fingerprint density at radius 2 is 1.94 bits per heavy atom. The van der Waals surface area contributed by atoms with Crippen molar-refractivity contribution >= 4 is 5.69 Å². The zero-order valence-corrected chi connectivity index (χ0v) is 10.4. The molecule has 1 aromatic rings. The normalized spacial score (nSPS) is 11.1. The van der Waals surface area contributed by atoms with Gasteiger partial charge in [0.25, 0.3) is 0 Å². The minimum absolute atomic E-state index is 0.161. The van der Waals surface area contributed by atoms with Crippen molar-refractivity contribution in [2.75, 3.05) is 25.6 Å². The van der Waals surface area contributed by atoms with E-state index in [4.69, 9.17) is 15.2 Å². The summed E-state index contributed by atoms with van der Waals surface area (Å²) in [6, 6.07) is 4.70. The minimum atomic E-state index is -0.401. The summed E-state index contributed by atoms with van der Waals surface area (Å²) in [7, 11) is 0. The highest BCUT2D eigenvalue weighted by atomic mass is 19.1. The summed E-state index contributed by atoms with van der Waals surface area (Å²) < 4.78 is 23.8. The van der Waals surface area contributed by atoms with E-state index in [9.17, 15) is 4.39 Å². The van der Waals surface area contributed by atoms with Crippen LogP contribution in [0.1, 0.15) is 19.4 Å². The minimum Gasteiger partial charge on any atom is -0.396 e. The molecule has 2 N–H and O–H groups in total. The van der Waals surface area contributed by atoms with E-state index in [1.807, 2.05) is 0 Å². The zero-order valence-electron chi connectivity index (χ0n) is 10.4. The Labute approximate surface area is 102 Å². The van der Waals surface area contributed by atoms with Gasteiger partial charge in [0.15, 0.2) is 0 Å². The Kier molecular flexibility index (Phi) is 5.94. The Morgan fingerprint density at radius 3 is 2.59 bits per heavy atom. The second-order valence-corrected chi connectivity index (χ2v) is 4.38. The van der Waals surface area contributed by atoms with E-state index in [0.717, 1.165) is 12.2 Å². The molecule has 0 saturated heterocycles. The number of ether oxygens (including phenoxy) is 2. The third-order valence-electron chi connectivity index (χ3n) is 2.16. The van der Waals surface area contributed by atoms with Crippen molar-refractivity contribution in [1.82, 2.24) is 0 Å². The van der Waals surface area contributed by atoms with Gasteiger partial charge in [-0.25, -0.2) is 4.39 Å². The lowest BCUT2D eigenvalue weighted by atomic mass is 10.2. The summed E-state index contributed by atoms with van der Waals surface area (Å²) in [5, 5.41) is 0. The average Bonchev–Trinajstić information content (AvgIpc) is 2.27. The molecular formula is C13H20FNO2.